The predicted molar refractivity (Wildman–Crippen MR) is 74.9 cm³/mol. The van der Waals surface area contributed by atoms with Crippen LogP contribution < -0.4 is 15.5 Å². The van der Waals surface area contributed by atoms with E-state index in [2.05, 4.69) is 10.6 Å². The van der Waals surface area contributed by atoms with E-state index in [-0.39, 0.29) is 24.0 Å². The number of hydrogen-bond donors (Lipinski definition) is 3. The molecule has 2 amide bonds. The Balaban J connectivity index is 2.01. The number of nitrogens with one attached hydrogen (secondary N) is 3. The number of rotatable bonds is 4. The number of anilines is 1. The largest absolute Gasteiger partial charge is 0.346 e. The number of amides is 2. The highest BCUT2D eigenvalue weighted by molar-refractivity contribution is 5.94. The molecule has 1 saturated heterocycles. The second kappa shape index (κ2) is 6.31. The summed E-state index contributed by atoms with van der Waals surface area (Å²) >= 11 is 0. The van der Waals surface area contributed by atoms with Gasteiger partial charge in [-0.2, -0.15) is 0 Å². The second-order valence-electron chi connectivity index (χ2n) is 4.95. The summed E-state index contributed by atoms with van der Waals surface area (Å²) in [6.07, 6.45) is 0. The van der Waals surface area contributed by atoms with Gasteiger partial charge in [0.25, 0.3) is 17.5 Å². The SMILES string of the molecule is C[C@@H](C(=O)Nc1cccc([N+](=O)[O-])c1)[NH+]1CCNC(=O)C1. The molecule has 1 aromatic rings. The Morgan fingerprint density at radius 3 is 2.95 bits per heavy atom. The van der Waals surface area contributed by atoms with Crippen LogP contribution in [0.1, 0.15) is 6.92 Å². The van der Waals surface area contributed by atoms with Crippen molar-refractivity contribution in [3.8, 4) is 0 Å². The van der Waals surface area contributed by atoms with Crippen LogP contribution in [0.15, 0.2) is 24.3 Å². The van der Waals surface area contributed by atoms with Crippen molar-refractivity contribution < 1.29 is 19.4 Å². The molecule has 3 N–H and O–H groups in total. The first-order valence-electron chi connectivity index (χ1n) is 6.64. The quantitative estimate of drug-likeness (QED) is 0.486. The van der Waals surface area contributed by atoms with Gasteiger partial charge in [0.15, 0.2) is 12.6 Å². The summed E-state index contributed by atoms with van der Waals surface area (Å²) in [5.41, 5.74) is 0.298. The number of nitro benzene ring substituents is 1. The third-order valence-electron chi connectivity index (χ3n) is 3.49. The minimum absolute atomic E-state index is 0.0775. The van der Waals surface area contributed by atoms with E-state index in [9.17, 15) is 19.7 Å². The Kier molecular flexibility index (Phi) is 4.49. The van der Waals surface area contributed by atoms with Crippen LogP contribution in [0.4, 0.5) is 11.4 Å². The van der Waals surface area contributed by atoms with Gasteiger partial charge in [0, 0.05) is 17.8 Å². The van der Waals surface area contributed by atoms with Gasteiger partial charge in [-0.3, -0.25) is 19.7 Å². The zero-order valence-electron chi connectivity index (χ0n) is 11.6. The molecule has 0 aliphatic carbocycles. The summed E-state index contributed by atoms with van der Waals surface area (Å²) in [5.74, 6) is -0.341. The van der Waals surface area contributed by atoms with E-state index in [0.29, 0.717) is 18.8 Å². The fourth-order valence-electron chi connectivity index (χ4n) is 2.22. The maximum Gasteiger partial charge on any atom is 0.282 e. The van der Waals surface area contributed by atoms with Crippen LogP contribution in [0, 0.1) is 10.1 Å². The Morgan fingerprint density at radius 1 is 1.52 bits per heavy atom. The van der Waals surface area contributed by atoms with E-state index in [1.807, 2.05) is 0 Å². The van der Waals surface area contributed by atoms with Gasteiger partial charge in [-0.1, -0.05) is 6.07 Å². The van der Waals surface area contributed by atoms with E-state index >= 15 is 0 Å². The lowest BCUT2D eigenvalue weighted by atomic mass is 10.2. The third-order valence-corrected chi connectivity index (χ3v) is 3.49. The fraction of sp³-hybridized carbons (Fsp3) is 0.385. The van der Waals surface area contributed by atoms with E-state index in [4.69, 9.17) is 0 Å². The van der Waals surface area contributed by atoms with Gasteiger partial charge < -0.3 is 15.5 Å². The van der Waals surface area contributed by atoms with Crippen LogP contribution in [-0.4, -0.2) is 42.4 Å². The summed E-state index contributed by atoms with van der Waals surface area (Å²) in [6, 6.07) is 5.37. The number of nitro groups is 1. The van der Waals surface area contributed by atoms with Gasteiger partial charge in [-0.25, -0.2) is 0 Å². The monoisotopic (exact) mass is 293 g/mol. The van der Waals surface area contributed by atoms with Crippen LogP contribution >= 0.6 is 0 Å². The highest BCUT2D eigenvalue weighted by atomic mass is 16.6. The van der Waals surface area contributed by atoms with E-state index < -0.39 is 11.0 Å². The topological polar surface area (TPSA) is 106 Å². The van der Waals surface area contributed by atoms with Crippen LogP contribution in [0.25, 0.3) is 0 Å². The summed E-state index contributed by atoms with van der Waals surface area (Å²) in [7, 11) is 0. The van der Waals surface area contributed by atoms with E-state index in [0.717, 1.165) is 4.90 Å². The highest BCUT2D eigenvalue weighted by Crippen LogP contribution is 2.16. The van der Waals surface area contributed by atoms with Crippen LogP contribution in [0.3, 0.4) is 0 Å². The summed E-state index contributed by atoms with van der Waals surface area (Å²) in [4.78, 5) is 34.6. The van der Waals surface area contributed by atoms with Crippen LogP contribution in [-0.2, 0) is 9.59 Å². The molecule has 0 aromatic heterocycles. The number of carbonyl (C=O) groups excluding carboxylic acids is 2. The number of carbonyl (C=O) groups is 2. The van der Waals surface area contributed by atoms with Crippen LogP contribution in [0.5, 0.6) is 0 Å². The maximum atomic E-state index is 12.2. The summed E-state index contributed by atoms with van der Waals surface area (Å²) in [6.45, 7) is 3.21. The van der Waals surface area contributed by atoms with Crippen LogP contribution in [0.2, 0.25) is 0 Å². The molecule has 1 heterocycles. The number of nitrogens with zero attached hydrogens (tertiary/aromatic N) is 1. The number of hydrogen-bond acceptors (Lipinski definition) is 4. The average molecular weight is 293 g/mol. The molecule has 1 aliphatic rings. The van der Waals surface area contributed by atoms with Gasteiger partial charge in [0.1, 0.15) is 0 Å². The zero-order valence-corrected chi connectivity index (χ0v) is 11.6. The number of non-ortho nitro benzene ring substituents is 1. The molecule has 1 fully saturated rings. The smallest absolute Gasteiger partial charge is 0.282 e. The second-order valence-corrected chi connectivity index (χ2v) is 4.95. The Hall–Kier alpha value is -2.48. The zero-order chi connectivity index (χ0) is 15.4. The van der Waals surface area contributed by atoms with E-state index in [1.54, 1.807) is 13.0 Å². The summed E-state index contributed by atoms with van der Waals surface area (Å²) < 4.78 is 0. The van der Waals surface area contributed by atoms with Crippen molar-refractivity contribution >= 4 is 23.2 Å². The Bertz CT molecular complexity index is 575. The number of benzene rings is 1. The molecule has 2 rings (SSSR count). The number of piperazine rings is 1. The molecular formula is C13H17N4O4+. The standard InChI is InChI=1S/C13H16N4O4/c1-9(16-6-5-14-12(18)8-16)13(19)15-10-3-2-4-11(7-10)17(20)21/h2-4,7,9H,5-6,8H2,1H3,(H,14,18)(H,15,19)/p+1/t9-/m0/s1. The Morgan fingerprint density at radius 2 is 2.29 bits per heavy atom. The maximum absolute atomic E-state index is 12.2. The van der Waals surface area contributed by atoms with Gasteiger partial charge in [0.2, 0.25) is 0 Å². The molecule has 8 heteroatoms. The first-order chi connectivity index (χ1) is 9.97. The minimum Gasteiger partial charge on any atom is -0.346 e. The fourth-order valence-corrected chi connectivity index (χ4v) is 2.22. The van der Waals surface area contributed by atoms with Gasteiger partial charge in [-0.15, -0.1) is 0 Å². The predicted octanol–water partition coefficient (Wildman–Crippen LogP) is -1.06. The first kappa shape index (κ1) is 14.9. The molecule has 1 aliphatic heterocycles. The Labute approximate surface area is 121 Å². The third kappa shape index (κ3) is 3.76. The van der Waals surface area contributed by atoms with Crippen molar-refractivity contribution in [1.29, 1.82) is 0 Å². The molecule has 0 bridgehead atoms. The molecular weight excluding hydrogens is 276 g/mol. The molecule has 1 aromatic carbocycles. The molecule has 0 saturated carbocycles. The normalized spacial score (nSPS) is 19.5. The van der Waals surface area contributed by atoms with E-state index in [1.165, 1.54) is 18.2 Å². The van der Waals surface area contributed by atoms with Crippen molar-refractivity contribution in [3.05, 3.63) is 34.4 Å². The van der Waals surface area contributed by atoms with Gasteiger partial charge in [-0.05, 0) is 13.0 Å². The molecule has 2 atom stereocenters. The highest BCUT2D eigenvalue weighted by Gasteiger charge is 2.29. The van der Waals surface area contributed by atoms with Crippen molar-refractivity contribution in [1.82, 2.24) is 5.32 Å². The van der Waals surface area contributed by atoms with Crippen molar-refractivity contribution in [2.75, 3.05) is 25.0 Å². The van der Waals surface area contributed by atoms with Gasteiger partial charge >= 0.3 is 0 Å². The summed E-state index contributed by atoms with van der Waals surface area (Å²) in [5, 5.41) is 16.1. The molecule has 0 spiro atoms. The molecule has 21 heavy (non-hydrogen) atoms. The molecule has 1 unspecified atom stereocenters. The van der Waals surface area contributed by atoms with Crippen molar-refractivity contribution in [3.63, 3.8) is 0 Å². The average Bonchev–Trinajstić information content (AvgIpc) is 2.46. The molecule has 0 radical (unpaired) electrons. The lowest BCUT2D eigenvalue weighted by Gasteiger charge is -2.28. The molecule has 8 nitrogen and oxygen atoms in total. The van der Waals surface area contributed by atoms with Crippen molar-refractivity contribution in [2.24, 2.45) is 0 Å². The van der Waals surface area contributed by atoms with Gasteiger partial charge in [0.05, 0.1) is 18.0 Å². The minimum atomic E-state index is -0.515. The lowest BCUT2D eigenvalue weighted by Crippen LogP contribution is -3.19. The lowest BCUT2D eigenvalue weighted by molar-refractivity contribution is -0.907. The number of quaternary nitrogens is 1. The van der Waals surface area contributed by atoms with Crippen molar-refractivity contribution in [2.45, 2.75) is 13.0 Å². The molecule has 112 valence electrons. The first-order valence-corrected chi connectivity index (χ1v) is 6.64.